The molecule has 0 aliphatic carbocycles. The van der Waals surface area contributed by atoms with Crippen LogP contribution < -0.4 is 0 Å². The quantitative estimate of drug-likeness (QED) is 0.706. The van der Waals surface area contributed by atoms with Gasteiger partial charge in [-0.2, -0.15) is 0 Å². The number of azo groups is 1. The molecule has 23 heavy (non-hydrogen) atoms. The highest BCUT2D eigenvalue weighted by Gasteiger charge is 2.19. The molecule has 116 valence electrons. The molecular formula is C16H13ClN4O2. The van der Waals surface area contributed by atoms with Crippen LogP contribution in [0.4, 0.5) is 11.5 Å². The van der Waals surface area contributed by atoms with E-state index in [-0.39, 0.29) is 11.5 Å². The maximum atomic E-state index is 11.4. The summed E-state index contributed by atoms with van der Waals surface area (Å²) in [5.41, 5.74) is 2.67. The minimum Gasteiger partial charge on any atom is -0.476 e. The molecule has 2 heterocycles. The maximum absolute atomic E-state index is 11.4. The zero-order chi connectivity index (χ0) is 16.6. The number of benzene rings is 1. The normalized spacial score (nSPS) is 11.4. The first kappa shape index (κ1) is 15.2. The predicted molar refractivity (Wildman–Crippen MR) is 87.3 cm³/mol. The number of aromatic nitrogens is 2. The highest BCUT2D eigenvalue weighted by atomic mass is 35.5. The smallest absolute Gasteiger partial charge is 0.358 e. The number of imidazole rings is 1. The Morgan fingerprint density at radius 1 is 1.22 bits per heavy atom. The van der Waals surface area contributed by atoms with E-state index in [4.69, 9.17) is 11.6 Å². The second-order valence-corrected chi connectivity index (χ2v) is 5.52. The third-order valence-corrected chi connectivity index (χ3v) is 3.68. The van der Waals surface area contributed by atoms with Crippen molar-refractivity contribution >= 4 is 34.7 Å². The summed E-state index contributed by atoms with van der Waals surface area (Å²) in [6.07, 6.45) is 0. The molecule has 0 aliphatic heterocycles. The molecule has 7 heteroatoms. The number of aryl methyl sites for hydroxylation is 2. The van der Waals surface area contributed by atoms with Crippen LogP contribution in [0.3, 0.4) is 0 Å². The fourth-order valence-electron chi connectivity index (χ4n) is 2.26. The fraction of sp³-hybridized carbons (Fsp3) is 0.125. The standard InChI is InChI=1S/C16H13ClN4O2/c1-9-6-7-11(17)8-12(9)19-20-15-14(16(22)23)18-13-5-3-4-10(2)21(13)15/h3-8H,1-2H3,(H,22,23). The fourth-order valence-corrected chi connectivity index (χ4v) is 2.43. The summed E-state index contributed by atoms with van der Waals surface area (Å²) < 4.78 is 1.66. The van der Waals surface area contributed by atoms with Crippen molar-refractivity contribution in [2.24, 2.45) is 10.2 Å². The Bertz CT molecular complexity index is 947. The average molecular weight is 329 g/mol. The third kappa shape index (κ3) is 2.80. The van der Waals surface area contributed by atoms with Crippen LogP contribution in [0.1, 0.15) is 21.7 Å². The van der Waals surface area contributed by atoms with Crippen LogP contribution in [-0.2, 0) is 0 Å². The second kappa shape index (κ2) is 5.81. The highest BCUT2D eigenvalue weighted by Crippen LogP contribution is 2.28. The van der Waals surface area contributed by atoms with Crippen molar-refractivity contribution in [2.75, 3.05) is 0 Å². The van der Waals surface area contributed by atoms with Crippen molar-refractivity contribution in [3.63, 3.8) is 0 Å². The second-order valence-electron chi connectivity index (χ2n) is 5.08. The van der Waals surface area contributed by atoms with Crippen LogP contribution in [0.25, 0.3) is 5.65 Å². The summed E-state index contributed by atoms with van der Waals surface area (Å²) in [6.45, 7) is 3.73. The number of carboxylic acid groups (broad SMARTS) is 1. The largest absolute Gasteiger partial charge is 0.476 e. The zero-order valence-electron chi connectivity index (χ0n) is 12.5. The Morgan fingerprint density at radius 2 is 2.00 bits per heavy atom. The number of carbonyl (C=O) groups is 1. The summed E-state index contributed by atoms with van der Waals surface area (Å²) in [4.78, 5) is 15.5. The van der Waals surface area contributed by atoms with E-state index >= 15 is 0 Å². The van der Waals surface area contributed by atoms with E-state index in [1.807, 2.05) is 32.0 Å². The molecular weight excluding hydrogens is 316 g/mol. The molecule has 1 aromatic carbocycles. The molecule has 0 bridgehead atoms. The number of rotatable bonds is 3. The lowest BCUT2D eigenvalue weighted by Gasteiger charge is -2.02. The maximum Gasteiger partial charge on any atom is 0.358 e. The van der Waals surface area contributed by atoms with Gasteiger partial charge in [0.2, 0.25) is 0 Å². The number of halogens is 1. The Labute approximate surface area is 137 Å². The first-order valence-corrected chi connectivity index (χ1v) is 7.24. The lowest BCUT2D eigenvalue weighted by atomic mass is 10.2. The van der Waals surface area contributed by atoms with Gasteiger partial charge in [-0.05, 0) is 43.7 Å². The molecule has 1 N–H and O–H groups in total. The molecule has 0 atom stereocenters. The van der Waals surface area contributed by atoms with Gasteiger partial charge in [0.1, 0.15) is 5.65 Å². The number of pyridine rings is 1. The SMILES string of the molecule is Cc1ccc(Cl)cc1N=Nc1c(C(=O)O)nc2cccc(C)n12. The predicted octanol–water partition coefficient (Wildman–Crippen LogP) is 4.72. The summed E-state index contributed by atoms with van der Waals surface area (Å²) in [5.74, 6) is -0.963. The first-order valence-electron chi connectivity index (χ1n) is 6.86. The average Bonchev–Trinajstić information content (AvgIpc) is 2.88. The van der Waals surface area contributed by atoms with E-state index in [0.29, 0.717) is 16.4 Å². The minimum absolute atomic E-state index is 0.136. The zero-order valence-corrected chi connectivity index (χ0v) is 13.2. The lowest BCUT2D eigenvalue weighted by molar-refractivity contribution is 0.0692. The van der Waals surface area contributed by atoms with Crippen molar-refractivity contribution < 1.29 is 9.90 Å². The van der Waals surface area contributed by atoms with Crippen molar-refractivity contribution in [1.82, 2.24) is 9.38 Å². The molecule has 0 fully saturated rings. The van der Waals surface area contributed by atoms with Gasteiger partial charge in [-0.25, -0.2) is 9.78 Å². The molecule has 0 saturated heterocycles. The first-order chi connectivity index (χ1) is 11.0. The van der Waals surface area contributed by atoms with Gasteiger partial charge in [0.15, 0.2) is 11.5 Å². The molecule has 0 amide bonds. The van der Waals surface area contributed by atoms with Gasteiger partial charge >= 0.3 is 5.97 Å². The van der Waals surface area contributed by atoms with Crippen molar-refractivity contribution in [3.8, 4) is 0 Å². The van der Waals surface area contributed by atoms with Gasteiger partial charge < -0.3 is 5.11 Å². The van der Waals surface area contributed by atoms with Crippen molar-refractivity contribution in [2.45, 2.75) is 13.8 Å². The molecule has 0 saturated carbocycles. The molecule has 0 unspecified atom stereocenters. The Morgan fingerprint density at radius 3 is 2.74 bits per heavy atom. The van der Waals surface area contributed by atoms with Crippen LogP contribution in [0.5, 0.6) is 0 Å². The summed E-state index contributed by atoms with van der Waals surface area (Å²) in [5, 5.41) is 18.2. The number of carboxylic acids is 1. The molecule has 3 rings (SSSR count). The topological polar surface area (TPSA) is 79.3 Å². The molecule has 2 aromatic heterocycles. The monoisotopic (exact) mass is 328 g/mol. The number of aromatic carboxylic acids is 1. The van der Waals surface area contributed by atoms with E-state index in [1.165, 1.54) is 0 Å². The van der Waals surface area contributed by atoms with Crippen molar-refractivity contribution in [3.05, 3.63) is 58.4 Å². The number of hydrogen-bond donors (Lipinski definition) is 1. The van der Waals surface area contributed by atoms with Gasteiger partial charge in [0, 0.05) is 10.7 Å². The minimum atomic E-state index is -1.15. The Kier molecular flexibility index (Phi) is 3.83. The Hall–Kier alpha value is -2.73. The Balaban J connectivity index is 2.19. The number of hydrogen-bond acceptors (Lipinski definition) is 4. The van der Waals surface area contributed by atoms with Gasteiger partial charge in [-0.1, -0.05) is 23.7 Å². The molecule has 3 aromatic rings. The highest BCUT2D eigenvalue weighted by molar-refractivity contribution is 6.30. The van der Waals surface area contributed by atoms with E-state index in [2.05, 4.69) is 15.2 Å². The molecule has 0 aliphatic rings. The lowest BCUT2D eigenvalue weighted by Crippen LogP contribution is -1.97. The summed E-state index contributed by atoms with van der Waals surface area (Å²) >= 11 is 5.97. The van der Waals surface area contributed by atoms with E-state index < -0.39 is 5.97 Å². The van der Waals surface area contributed by atoms with Crippen molar-refractivity contribution in [1.29, 1.82) is 0 Å². The third-order valence-electron chi connectivity index (χ3n) is 3.44. The van der Waals surface area contributed by atoms with E-state index in [9.17, 15) is 9.90 Å². The van der Waals surface area contributed by atoms with E-state index in [1.54, 1.807) is 22.6 Å². The van der Waals surface area contributed by atoms with Gasteiger partial charge in [0.05, 0.1) is 5.69 Å². The van der Waals surface area contributed by atoms with Gasteiger partial charge in [0.25, 0.3) is 0 Å². The molecule has 6 nitrogen and oxygen atoms in total. The molecule has 0 spiro atoms. The van der Waals surface area contributed by atoms with Crippen LogP contribution in [-0.4, -0.2) is 20.5 Å². The number of nitrogens with zero attached hydrogens (tertiary/aromatic N) is 4. The molecule has 0 radical (unpaired) electrons. The van der Waals surface area contributed by atoms with Crippen LogP contribution in [0, 0.1) is 13.8 Å². The van der Waals surface area contributed by atoms with E-state index in [0.717, 1.165) is 11.3 Å². The van der Waals surface area contributed by atoms with Crippen LogP contribution in [0.15, 0.2) is 46.6 Å². The van der Waals surface area contributed by atoms with Crippen LogP contribution in [0.2, 0.25) is 5.02 Å². The van der Waals surface area contributed by atoms with Gasteiger partial charge in [-0.15, -0.1) is 10.2 Å². The summed E-state index contributed by atoms with van der Waals surface area (Å²) in [7, 11) is 0. The van der Waals surface area contributed by atoms with Gasteiger partial charge in [-0.3, -0.25) is 4.40 Å². The van der Waals surface area contributed by atoms with Crippen LogP contribution >= 0.6 is 11.6 Å². The summed E-state index contributed by atoms with van der Waals surface area (Å²) in [6, 6.07) is 10.7. The number of fused-ring (bicyclic) bond motifs is 1.